The number of imide groups is 1. The zero-order valence-corrected chi connectivity index (χ0v) is 13.6. The van der Waals surface area contributed by atoms with Gasteiger partial charge in [-0.15, -0.1) is 0 Å². The molecular formula is C18H27N3O2. The third-order valence-corrected chi connectivity index (χ3v) is 3.74. The number of unbranched alkanes of at least 4 members (excludes halogenated alkanes) is 3. The van der Waals surface area contributed by atoms with Crippen molar-refractivity contribution in [2.75, 3.05) is 12.3 Å². The van der Waals surface area contributed by atoms with Crippen LogP contribution in [0.3, 0.4) is 0 Å². The molecule has 5 heteroatoms. The van der Waals surface area contributed by atoms with E-state index in [4.69, 9.17) is 11.5 Å². The van der Waals surface area contributed by atoms with E-state index in [1.807, 2.05) is 24.3 Å². The van der Waals surface area contributed by atoms with Crippen molar-refractivity contribution in [1.29, 1.82) is 0 Å². The van der Waals surface area contributed by atoms with Crippen LogP contribution in [0.1, 0.15) is 44.1 Å². The average molecular weight is 317 g/mol. The molecule has 1 saturated heterocycles. The van der Waals surface area contributed by atoms with Crippen LogP contribution in [0.15, 0.2) is 30.8 Å². The maximum absolute atomic E-state index is 11.2. The quantitative estimate of drug-likeness (QED) is 0.409. The fraction of sp³-hybridized carbons (Fsp3) is 0.444. The van der Waals surface area contributed by atoms with E-state index in [2.05, 4.69) is 11.9 Å². The summed E-state index contributed by atoms with van der Waals surface area (Å²) in [6.07, 6.45) is 7.31. The molecule has 2 rings (SSSR count). The standard InChI is InChI=1S/C10H18N2O2.C8H9N/c11-6-4-2-1-3-5-8-7-9(13)12-10(8)14;1-2-7-3-5-8(9)6-4-7/h8H,1-7,11H2,(H,12,13,14);2-6H,1,9H2. The number of carbonyl (C=O) groups excluding carboxylic acids is 2. The lowest BCUT2D eigenvalue weighted by molar-refractivity contribution is -0.125. The maximum Gasteiger partial charge on any atom is 0.230 e. The molecular weight excluding hydrogens is 290 g/mol. The number of rotatable bonds is 7. The predicted molar refractivity (Wildman–Crippen MR) is 94.3 cm³/mol. The van der Waals surface area contributed by atoms with Gasteiger partial charge < -0.3 is 11.5 Å². The summed E-state index contributed by atoms with van der Waals surface area (Å²) < 4.78 is 0. The first-order chi connectivity index (χ1) is 11.1. The van der Waals surface area contributed by atoms with E-state index >= 15 is 0 Å². The molecule has 1 aromatic carbocycles. The molecule has 1 aromatic rings. The molecule has 1 unspecified atom stereocenters. The van der Waals surface area contributed by atoms with Crippen molar-refractivity contribution < 1.29 is 9.59 Å². The molecule has 1 aliphatic rings. The molecule has 2 amide bonds. The molecule has 5 N–H and O–H groups in total. The Hall–Kier alpha value is -2.14. The van der Waals surface area contributed by atoms with Gasteiger partial charge in [-0.05, 0) is 37.1 Å². The van der Waals surface area contributed by atoms with Crippen molar-refractivity contribution in [2.45, 2.75) is 38.5 Å². The van der Waals surface area contributed by atoms with Gasteiger partial charge in [0.25, 0.3) is 0 Å². The minimum absolute atomic E-state index is 0.0691. The lowest BCUT2D eigenvalue weighted by atomic mass is 9.99. The van der Waals surface area contributed by atoms with Crippen molar-refractivity contribution in [2.24, 2.45) is 11.7 Å². The molecule has 0 saturated carbocycles. The van der Waals surface area contributed by atoms with Crippen LogP contribution in [0.4, 0.5) is 5.69 Å². The Labute approximate surface area is 138 Å². The Bertz CT molecular complexity index is 512. The molecule has 1 fully saturated rings. The van der Waals surface area contributed by atoms with Gasteiger partial charge in [0.2, 0.25) is 11.8 Å². The third-order valence-electron chi connectivity index (χ3n) is 3.74. The lowest BCUT2D eigenvalue weighted by Gasteiger charge is -2.04. The molecule has 126 valence electrons. The second-order valence-corrected chi connectivity index (χ2v) is 5.68. The SMILES string of the molecule is C=Cc1ccc(N)cc1.NCCCCCCC1CC(=O)NC1=O. The summed E-state index contributed by atoms with van der Waals surface area (Å²) in [4.78, 5) is 22.0. The number of amides is 2. The van der Waals surface area contributed by atoms with Crippen LogP contribution in [0.25, 0.3) is 6.08 Å². The first-order valence-corrected chi connectivity index (χ1v) is 8.08. The van der Waals surface area contributed by atoms with Crippen LogP contribution in [-0.2, 0) is 9.59 Å². The normalized spacial score (nSPS) is 16.5. The molecule has 0 aromatic heterocycles. The van der Waals surface area contributed by atoms with Crippen LogP contribution >= 0.6 is 0 Å². The van der Waals surface area contributed by atoms with Gasteiger partial charge in [0.15, 0.2) is 0 Å². The number of carbonyl (C=O) groups is 2. The molecule has 5 nitrogen and oxygen atoms in total. The molecule has 1 heterocycles. The molecule has 0 aliphatic carbocycles. The van der Waals surface area contributed by atoms with Crippen LogP contribution in [0.2, 0.25) is 0 Å². The van der Waals surface area contributed by atoms with Crippen LogP contribution in [0, 0.1) is 5.92 Å². The fourth-order valence-electron chi connectivity index (χ4n) is 2.36. The second kappa shape index (κ2) is 10.6. The monoisotopic (exact) mass is 317 g/mol. The summed E-state index contributed by atoms with van der Waals surface area (Å²) >= 11 is 0. The zero-order chi connectivity index (χ0) is 17.1. The van der Waals surface area contributed by atoms with E-state index in [0.717, 1.165) is 49.9 Å². The number of anilines is 1. The van der Waals surface area contributed by atoms with Gasteiger partial charge in [-0.1, -0.05) is 44.1 Å². The van der Waals surface area contributed by atoms with E-state index in [0.29, 0.717) is 6.42 Å². The summed E-state index contributed by atoms with van der Waals surface area (Å²) in [6, 6.07) is 7.58. The highest BCUT2D eigenvalue weighted by atomic mass is 16.2. The van der Waals surface area contributed by atoms with Gasteiger partial charge >= 0.3 is 0 Å². The van der Waals surface area contributed by atoms with Gasteiger partial charge in [-0.25, -0.2) is 0 Å². The number of hydrogen-bond acceptors (Lipinski definition) is 4. The van der Waals surface area contributed by atoms with Gasteiger partial charge in [0, 0.05) is 18.0 Å². The summed E-state index contributed by atoms with van der Waals surface area (Å²) in [7, 11) is 0. The van der Waals surface area contributed by atoms with E-state index < -0.39 is 0 Å². The summed E-state index contributed by atoms with van der Waals surface area (Å²) in [5.74, 6) is -0.281. The molecule has 0 spiro atoms. The zero-order valence-electron chi connectivity index (χ0n) is 13.6. The van der Waals surface area contributed by atoms with Crippen molar-refractivity contribution in [3.8, 4) is 0 Å². The Balaban J connectivity index is 0.000000253. The molecule has 1 atom stereocenters. The van der Waals surface area contributed by atoms with Crippen molar-refractivity contribution in [3.63, 3.8) is 0 Å². The average Bonchev–Trinajstić information content (AvgIpc) is 2.86. The number of hydrogen-bond donors (Lipinski definition) is 3. The number of benzene rings is 1. The smallest absolute Gasteiger partial charge is 0.230 e. The largest absolute Gasteiger partial charge is 0.399 e. The van der Waals surface area contributed by atoms with Gasteiger partial charge in [-0.2, -0.15) is 0 Å². The van der Waals surface area contributed by atoms with E-state index in [9.17, 15) is 9.59 Å². The first-order valence-electron chi connectivity index (χ1n) is 8.08. The minimum atomic E-state index is -0.123. The number of nitrogen functional groups attached to an aromatic ring is 1. The lowest BCUT2D eigenvalue weighted by Crippen LogP contribution is -2.21. The Kier molecular flexibility index (Phi) is 8.68. The predicted octanol–water partition coefficient (Wildman–Crippen LogP) is 2.47. The Morgan fingerprint density at radius 2 is 1.78 bits per heavy atom. The Morgan fingerprint density at radius 3 is 2.30 bits per heavy atom. The second-order valence-electron chi connectivity index (χ2n) is 5.68. The summed E-state index contributed by atoms with van der Waals surface area (Å²) in [6.45, 7) is 4.36. The third kappa shape index (κ3) is 7.61. The van der Waals surface area contributed by atoms with Crippen LogP contribution in [0.5, 0.6) is 0 Å². The van der Waals surface area contributed by atoms with Crippen LogP contribution < -0.4 is 16.8 Å². The number of nitrogens with one attached hydrogen (secondary N) is 1. The summed E-state index contributed by atoms with van der Waals surface area (Å²) in [5.41, 5.74) is 12.7. The first kappa shape index (κ1) is 18.9. The highest BCUT2D eigenvalue weighted by Crippen LogP contribution is 2.18. The van der Waals surface area contributed by atoms with Crippen molar-refractivity contribution >= 4 is 23.6 Å². The minimum Gasteiger partial charge on any atom is -0.399 e. The van der Waals surface area contributed by atoms with Crippen LogP contribution in [-0.4, -0.2) is 18.4 Å². The number of nitrogens with two attached hydrogens (primary N) is 2. The van der Waals surface area contributed by atoms with Gasteiger partial charge in [-0.3, -0.25) is 14.9 Å². The molecule has 0 radical (unpaired) electrons. The van der Waals surface area contributed by atoms with Crippen molar-refractivity contribution in [1.82, 2.24) is 5.32 Å². The highest BCUT2D eigenvalue weighted by molar-refractivity contribution is 6.03. The van der Waals surface area contributed by atoms with Gasteiger partial charge in [0.05, 0.1) is 0 Å². The van der Waals surface area contributed by atoms with Crippen molar-refractivity contribution in [3.05, 3.63) is 36.4 Å². The Morgan fingerprint density at radius 1 is 1.13 bits per heavy atom. The van der Waals surface area contributed by atoms with E-state index in [1.165, 1.54) is 0 Å². The molecule has 23 heavy (non-hydrogen) atoms. The fourth-order valence-corrected chi connectivity index (χ4v) is 2.36. The maximum atomic E-state index is 11.2. The van der Waals surface area contributed by atoms with Gasteiger partial charge in [0.1, 0.15) is 0 Å². The summed E-state index contributed by atoms with van der Waals surface area (Å²) in [5, 5.41) is 2.32. The molecule has 0 bridgehead atoms. The van der Waals surface area contributed by atoms with E-state index in [1.54, 1.807) is 6.08 Å². The molecule has 1 aliphatic heterocycles. The highest BCUT2D eigenvalue weighted by Gasteiger charge is 2.29. The van der Waals surface area contributed by atoms with E-state index in [-0.39, 0.29) is 17.7 Å². The topological polar surface area (TPSA) is 98.2 Å².